The Labute approximate surface area is 124 Å². The summed E-state index contributed by atoms with van der Waals surface area (Å²) in [4.78, 5) is 2.63. The van der Waals surface area contributed by atoms with E-state index in [-0.39, 0.29) is 5.54 Å². The quantitative estimate of drug-likeness (QED) is 0.873. The fraction of sp³-hybridized carbons (Fsp3) is 0.667. The Morgan fingerprint density at radius 1 is 1.10 bits per heavy atom. The number of anilines is 1. The third-order valence-electron chi connectivity index (χ3n) is 5.13. The molecule has 1 atom stereocenters. The van der Waals surface area contributed by atoms with Gasteiger partial charge in [0, 0.05) is 30.4 Å². The lowest BCUT2D eigenvalue weighted by Crippen LogP contribution is -2.64. The standard InChI is InChI=1S/C18H30N2/c1-5-15-9-11-17(12-10-15)20-14-18(7-3,8-4)19-13-16(20)6-2/h9-12,16,19H,5-8,13-14H2,1-4H3. The average molecular weight is 274 g/mol. The maximum atomic E-state index is 3.81. The van der Waals surface area contributed by atoms with E-state index in [4.69, 9.17) is 0 Å². The minimum atomic E-state index is 0.287. The summed E-state index contributed by atoms with van der Waals surface area (Å²) in [5.41, 5.74) is 3.10. The van der Waals surface area contributed by atoms with E-state index in [1.807, 2.05) is 0 Å². The average Bonchev–Trinajstić information content (AvgIpc) is 2.54. The number of piperazine rings is 1. The molecule has 0 aromatic heterocycles. The number of nitrogens with zero attached hydrogens (tertiary/aromatic N) is 1. The molecule has 0 bridgehead atoms. The first-order valence-electron chi connectivity index (χ1n) is 8.28. The molecular formula is C18H30N2. The number of hydrogen-bond acceptors (Lipinski definition) is 2. The molecule has 20 heavy (non-hydrogen) atoms. The highest BCUT2D eigenvalue weighted by Gasteiger charge is 2.36. The van der Waals surface area contributed by atoms with E-state index in [1.54, 1.807) is 0 Å². The van der Waals surface area contributed by atoms with Gasteiger partial charge in [-0.05, 0) is 43.4 Å². The van der Waals surface area contributed by atoms with E-state index < -0.39 is 0 Å². The molecule has 1 aromatic rings. The molecule has 112 valence electrons. The minimum Gasteiger partial charge on any atom is -0.365 e. The van der Waals surface area contributed by atoms with Crippen LogP contribution in [-0.4, -0.2) is 24.7 Å². The van der Waals surface area contributed by atoms with Gasteiger partial charge in [-0.2, -0.15) is 0 Å². The number of benzene rings is 1. The maximum Gasteiger partial charge on any atom is 0.0412 e. The van der Waals surface area contributed by atoms with Crippen molar-refractivity contribution in [2.45, 2.75) is 65.0 Å². The second kappa shape index (κ2) is 6.62. The van der Waals surface area contributed by atoms with Crippen LogP contribution in [0, 0.1) is 0 Å². The van der Waals surface area contributed by atoms with E-state index in [9.17, 15) is 0 Å². The zero-order valence-corrected chi connectivity index (χ0v) is 13.6. The van der Waals surface area contributed by atoms with Gasteiger partial charge in [0.2, 0.25) is 0 Å². The zero-order chi connectivity index (χ0) is 14.6. The largest absolute Gasteiger partial charge is 0.365 e. The Morgan fingerprint density at radius 2 is 1.75 bits per heavy atom. The molecule has 0 spiro atoms. The van der Waals surface area contributed by atoms with Crippen molar-refractivity contribution in [2.75, 3.05) is 18.0 Å². The van der Waals surface area contributed by atoms with Gasteiger partial charge >= 0.3 is 0 Å². The molecule has 0 amide bonds. The van der Waals surface area contributed by atoms with Crippen molar-refractivity contribution in [3.8, 4) is 0 Å². The Morgan fingerprint density at radius 3 is 2.25 bits per heavy atom. The normalized spacial score (nSPS) is 22.0. The third kappa shape index (κ3) is 3.01. The highest BCUT2D eigenvalue weighted by Crippen LogP contribution is 2.28. The second-order valence-corrected chi connectivity index (χ2v) is 6.08. The summed E-state index contributed by atoms with van der Waals surface area (Å²) >= 11 is 0. The molecule has 1 aromatic carbocycles. The van der Waals surface area contributed by atoms with Crippen molar-refractivity contribution in [1.29, 1.82) is 0 Å². The second-order valence-electron chi connectivity index (χ2n) is 6.08. The van der Waals surface area contributed by atoms with E-state index in [2.05, 4.69) is 62.2 Å². The van der Waals surface area contributed by atoms with Crippen LogP contribution in [0.2, 0.25) is 0 Å². The Bertz CT molecular complexity index is 406. The Balaban J connectivity index is 2.23. The van der Waals surface area contributed by atoms with Crippen LogP contribution < -0.4 is 10.2 Å². The molecule has 1 heterocycles. The highest BCUT2D eigenvalue weighted by atomic mass is 15.3. The van der Waals surface area contributed by atoms with Crippen molar-refractivity contribution < 1.29 is 0 Å². The van der Waals surface area contributed by atoms with Crippen molar-refractivity contribution >= 4 is 5.69 Å². The summed E-state index contributed by atoms with van der Waals surface area (Å²) in [6.45, 7) is 11.4. The molecule has 0 radical (unpaired) electrons. The molecular weight excluding hydrogens is 244 g/mol. The first-order chi connectivity index (χ1) is 9.68. The first kappa shape index (κ1) is 15.4. The van der Waals surface area contributed by atoms with Gasteiger partial charge < -0.3 is 10.2 Å². The topological polar surface area (TPSA) is 15.3 Å². The van der Waals surface area contributed by atoms with E-state index in [0.717, 1.165) is 19.5 Å². The van der Waals surface area contributed by atoms with Crippen LogP contribution in [0.3, 0.4) is 0 Å². The minimum absolute atomic E-state index is 0.287. The van der Waals surface area contributed by atoms with Crippen LogP contribution in [0.4, 0.5) is 5.69 Å². The molecule has 1 fully saturated rings. The summed E-state index contributed by atoms with van der Waals surface area (Å²) in [6, 6.07) is 9.80. The van der Waals surface area contributed by atoms with Gasteiger partial charge in [-0.3, -0.25) is 0 Å². The molecule has 1 N–H and O–H groups in total. The van der Waals surface area contributed by atoms with Crippen molar-refractivity contribution in [2.24, 2.45) is 0 Å². The Kier molecular flexibility index (Phi) is 5.09. The van der Waals surface area contributed by atoms with Crippen LogP contribution in [0.15, 0.2) is 24.3 Å². The van der Waals surface area contributed by atoms with Crippen LogP contribution in [0.1, 0.15) is 52.5 Å². The molecule has 2 heteroatoms. The van der Waals surface area contributed by atoms with Gasteiger partial charge in [-0.15, -0.1) is 0 Å². The predicted octanol–water partition coefficient (Wildman–Crippen LogP) is 4.00. The van der Waals surface area contributed by atoms with Crippen molar-refractivity contribution in [3.05, 3.63) is 29.8 Å². The molecule has 0 saturated carbocycles. The van der Waals surface area contributed by atoms with E-state index in [0.29, 0.717) is 6.04 Å². The van der Waals surface area contributed by atoms with Gasteiger partial charge in [0.1, 0.15) is 0 Å². The molecule has 1 aliphatic heterocycles. The van der Waals surface area contributed by atoms with Crippen LogP contribution in [-0.2, 0) is 6.42 Å². The van der Waals surface area contributed by atoms with Gasteiger partial charge in [0.15, 0.2) is 0 Å². The predicted molar refractivity (Wildman–Crippen MR) is 88.6 cm³/mol. The van der Waals surface area contributed by atoms with E-state index >= 15 is 0 Å². The fourth-order valence-electron chi connectivity index (χ4n) is 3.27. The van der Waals surface area contributed by atoms with Crippen LogP contribution in [0.25, 0.3) is 0 Å². The Hall–Kier alpha value is -1.02. The van der Waals surface area contributed by atoms with Crippen molar-refractivity contribution in [1.82, 2.24) is 5.32 Å². The summed E-state index contributed by atoms with van der Waals surface area (Å²) < 4.78 is 0. The smallest absolute Gasteiger partial charge is 0.0412 e. The molecule has 1 aliphatic rings. The first-order valence-corrected chi connectivity index (χ1v) is 8.28. The number of rotatable bonds is 5. The molecule has 0 aliphatic carbocycles. The number of nitrogens with one attached hydrogen (secondary N) is 1. The third-order valence-corrected chi connectivity index (χ3v) is 5.13. The zero-order valence-electron chi connectivity index (χ0n) is 13.6. The highest BCUT2D eigenvalue weighted by molar-refractivity contribution is 5.50. The SMILES string of the molecule is CCc1ccc(N2CC(CC)(CC)NCC2CC)cc1. The molecule has 2 rings (SSSR count). The summed E-state index contributed by atoms with van der Waals surface area (Å²) in [5, 5.41) is 3.81. The van der Waals surface area contributed by atoms with Gasteiger partial charge in [-0.25, -0.2) is 0 Å². The lowest BCUT2D eigenvalue weighted by Gasteiger charge is -2.48. The number of aryl methyl sites for hydroxylation is 1. The van der Waals surface area contributed by atoms with Gasteiger partial charge in [0.25, 0.3) is 0 Å². The maximum absolute atomic E-state index is 3.81. The summed E-state index contributed by atoms with van der Waals surface area (Å²) in [6.07, 6.45) is 4.71. The molecule has 1 saturated heterocycles. The van der Waals surface area contributed by atoms with Gasteiger partial charge in [0.05, 0.1) is 0 Å². The lowest BCUT2D eigenvalue weighted by atomic mass is 9.87. The van der Waals surface area contributed by atoms with Crippen molar-refractivity contribution in [3.63, 3.8) is 0 Å². The molecule has 1 unspecified atom stereocenters. The van der Waals surface area contributed by atoms with Crippen LogP contribution >= 0.6 is 0 Å². The van der Waals surface area contributed by atoms with Gasteiger partial charge in [-0.1, -0.05) is 39.8 Å². The monoisotopic (exact) mass is 274 g/mol. The molecule has 2 nitrogen and oxygen atoms in total. The fourth-order valence-corrected chi connectivity index (χ4v) is 3.27. The van der Waals surface area contributed by atoms with Crippen LogP contribution in [0.5, 0.6) is 0 Å². The summed E-state index contributed by atoms with van der Waals surface area (Å²) in [7, 11) is 0. The lowest BCUT2D eigenvalue weighted by molar-refractivity contribution is 0.246. The summed E-state index contributed by atoms with van der Waals surface area (Å²) in [5.74, 6) is 0. The van der Waals surface area contributed by atoms with E-state index in [1.165, 1.54) is 30.5 Å². The number of hydrogen-bond donors (Lipinski definition) is 1.